The molecule has 0 unspecified atom stereocenters. The van der Waals surface area contributed by atoms with Gasteiger partial charge in [-0.1, -0.05) is 23.7 Å². The first-order valence-corrected chi connectivity index (χ1v) is 10.4. The molecular formula is C23H19ClN2O8. The largest absolute Gasteiger partial charge is 0.504 e. The third kappa shape index (κ3) is 3.87. The van der Waals surface area contributed by atoms with Crippen LogP contribution >= 0.6 is 11.6 Å². The molecule has 2 aromatic rings. The van der Waals surface area contributed by atoms with Crippen molar-refractivity contribution in [3.8, 4) is 5.75 Å². The molecule has 0 aromatic heterocycles. The lowest BCUT2D eigenvalue weighted by Gasteiger charge is -2.32. The van der Waals surface area contributed by atoms with Crippen molar-refractivity contribution < 1.29 is 38.5 Å². The summed E-state index contributed by atoms with van der Waals surface area (Å²) in [4.78, 5) is 52.6. The number of carbonyl (C=O) groups is 4. The Kier molecular flexibility index (Phi) is 6.27. The predicted octanol–water partition coefficient (Wildman–Crippen LogP) is 2.24. The van der Waals surface area contributed by atoms with E-state index < -0.39 is 29.5 Å². The maximum Gasteiger partial charge on any atom is 0.355 e. The smallest absolute Gasteiger partial charge is 0.355 e. The molecule has 2 aliphatic heterocycles. The molecule has 11 heteroatoms. The topological polar surface area (TPSA) is 123 Å². The number of phenols is 1. The first-order chi connectivity index (χ1) is 16.3. The Hall–Kier alpha value is -3.89. The van der Waals surface area contributed by atoms with Crippen LogP contribution in [0.1, 0.15) is 26.3 Å². The van der Waals surface area contributed by atoms with Crippen LogP contribution in [0.3, 0.4) is 0 Å². The molecule has 2 amide bonds. The summed E-state index contributed by atoms with van der Waals surface area (Å²) in [6, 6.07) is 9.31. The minimum atomic E-state index is -0.857. The van der Waals surface area contributed by atoms with E-state index in [-0.39, 0.29) is 41.9 Å². The first-order valence-electron chi connectivity index (χ1n) is 10.00. The molecule has 10 nitrogen and oxygen atoms in total. The summed E-state index contributed by atoms with van der Waals surface area (Å²) in [7, 11) is 2.30. The highest BCUT2D eigenvalue weighted by molar-refractivity contribution is 6.32. The first kappa shape index (κ1) is 23.3. The Morgan fingerprint density at radius 3 is 2.26 bits per heavy atom. The molecule has 2 heterocycles. The molecular weight excluding hydrogens is 468 g/mol. The maximum atomic E-state index is 12.8. The fraction of sp³-hybridized carbons (Fsp3) is 0.217. The molecule has 4 rings (SSSR count). The molecule has 0 radical (unpaired) electrons. The number of aromatic hydroxyl groups is 1. The number of benzene rings is 2. The van der Waals surface area contributed by atoms with Gasteiger partial charge in [0.25, 0.3) is 11.8 Å². The molecule has 34 heavy (non-hydrogen) atoms. The highest BCUT2D eigenvalue weighted by atomic mass is 35.5. The number of methoxy groups -OCH3 is 2. The molecule has 0 aliphatic carbocycles. The van der Waals surface area contributed by atoms with Crippen molar-refractivity contribution in [3.05, 3.63) is 69.4 Å². The van der Waals surface area contributed by atoms with Crippen LogP contribution < -0.4 is 4.90 Å². The molecule has 0 saturated heterocycles. The van der Waals surface area contributed by atoms with Gasteiger partial charge in [0.1, 0.15) is 12.4 Å². The SMILES string of the molecule is COC(=O)C1=C(C(=O)OC)N(c2cc(CN3C(=O)c4ccccc4C3=O)cc(Cl)c2O)COC1. The van der Waals surface area contributed by atoms with Crippen molar-refractivity contribution in [2.24, 2.45) is 0 Å². The molecule has 2 aliphatic rings. The summed E-state index contributed by atoms with van der Waals surface area (Å²) < 4.78 is 15.0. The molecule has 0 saturated carbocycles. The summed E-state index contributed by atoms with van der Waals surface area (Å²) >= 11 is 6.24. The Labute approximate surface area is 198 Å². The second kappa shape index (κ2) is 9.16. The van der Waals surface area contributed by atoms with Gasteiger partial charge in [-0.25, -0.2) is 9.59 Å². The predicted molar refractivity (Wildman–Crippen MR) is 118 cm³/mol. The fourth-order valence-electron chi connectivity index (χ4n) is 3.84. The van der Waals surface area contributed by atoms with E-state index in [0.717, 1.165) is 19.1 Å². The number of halogens is 1. The number of anilines is 1. The van der Waals surface area contributed by atoms with Gasteiger partial charge in [-0.15, -0.1) is 0 Å². The number of fused-ring (bicyclic) bond motifs is 1. The Bertz CT molecular complexity index is 1220. The van der Waals surface area contributed by atoms with Gasteiger partial charge in [0.05, 0.1) is 54.8 Å². The lowest BCUT2D eigenvalue weighted by Crippen LogP contribution is -2.39. The van der Waals surface area contributed by atoms with Gasteiger partial charge in [0.15, 0.2) is 5.75 Å². The van der Waals surface area contributed by atoms with Crippen LogP contribution in [0.2, 0.25) is 5.02 Å². The van der Waals surface area contributed by atoms with Crippen LogP contribution in [0.5, 0.6) is 5.75 Å². The second-order valence-electron chi connectivity index (χ2n) is 7.40. The Morgan fingerprint density at radius 2 is 1.68 bits per heavy atom. The summed E-state index contributed by atoms with van der Waals surface area (Å²) in [5, 5.41) is 10.6. The summed E-state index contributed by atoms with van der Waals surface area (Å²) in [6.45, 7) is -0.572. The maximum absolute atomic E-state index is 12.8. The Morgan fingerprint density at radius 1 is 1.06 bits per heavy atom. The molecule has 0 bridgehead atoms. The van der Waals surface area contributed by atoms with E-state index in [1.54, 1.807) is 24.3 Å². The average molecular weight is 487 g/mol. The Balaban J connectivity index is 1.75. The average Bonchev–Trinajstić information content (AvgIpc) is 3.09. The summed E-state index contributed by atoms with van der Waals surface area (Å²) in [5.74, 6) is -2.99. The van der Waals surface area contributed by atoms with E-state index in [1.165, 1.54) is 17.0 Å². The number of amides is 2. The van der Waals surface area contributed by atoms with Crippen molar-refractivity contribution in [2.45, 2.75) is 6.54 Å². The zero-order chi connectivity index (χ0) is 24.6. The van der Waals surface area contributed by atoms with Crippen molar-refractivity contribution in [2.75, 3.05) is 32.5 Å². The van der Waals surface area contributed by atoms with E-state index in [9.17, 15) is 24.3 Å². The highest BCUT2D eigenvalue weighted by Gasteiger charge is 2.37. The summed E-state index contributed by atoms with van der Waals surface area (Å²) in [5.41, 5.74) is 0.690. The van der Waals surface area contributed by atoms with Crippen molar-refractivity contribution >= 4 is 41.0 Å². The van der Waals surface area contributed by atoms with Crippen LogP contribution in [-0.2, 0) is 30.3 Å². The number of hydrogen-bond donors (Lipinski definition) is 1. The molecule has 0 spiro atoms. The van der Waals surface area contributed by atoms with Gasteiger partial charge < -0.3 is 24.2 Å². The third-order valence-corrected chi connectivity index (χ3v) is 5.73. The standard InChI is InChI=1S/C23H19ClN2O8/c1-32-22(30)15-10-34-11-26(18(15)23(31)33-2)17-8-12(7-16(24)19(17)27)9-25-20(28)13-5-3-4-6-14(13)21(25)29/h3-8,27H,9-11H2,1-2H3. The van der Waals surface area contributed by atoms with Crippen molar-refractivity contribution in [1.29, 1.82) is 0 Å². The van der Waals surface area contributed by atoms with Crippen LogP contribution in [0.25, 0.3) is 0 Å². The van der Waals surface area contributed by atoms with Gasteiger partial charge in [-0.2, -0.15) is 0 Å². The van der Waals surface area contributed by atoms with E-state index in [0.29, 0.717) is 16.7 Å². The molecule has 176 valence electrons. The minimum absolute atomic E-state index is 0.0145. The van der Waals surface area contributed by atoms with Crippen LogP contribution in [0, 0.1) is 0 Å². The molecule has 0 fully saturated rings. The van der Waals surface area contributed by atoms with Gasteiger partial charge in [-0.3, -0.25) is 14.5 Å². The van der Waals surface area contributed by atoms with E-state index >= 15 is 0 Å². The van der Waals surface area contributed by atoms with Gasteiger partial charge in [-0.05, 0) is 29.8 Å². The lowest BCUT2D eigenvalue weighted by atomic mass is 10.1. The van der Waals surface area contributed by atoms with Gasteiger partial charge in [0.2, 0.25) is 0 Å². The lowest BCUT2D eigenvalue weighted by molar-refractivity contribution is -0.140. The number of esters is 2. The number of imide groups is 1. The van der Waals surface area contributed by atoms with Crippen LogP contribution in [-0.4, -0.2) is 61.3 Å². The van der Waals surface area contributed by atoms with Crippen LogP contribution in [0.15, 0.2) is 47.7 Å². The number of carbonyl (C=O) groups excluding carboxylic acids is 4. The van der Waals surface area contributed by atoms with Gasteiger partial charge >= 0.3 is 11.9 Å². The second-order valence-corrected chi connectivity index (χ2v) is 7.81. The number of rotatable bonds is 5. The highest BCUT2D eigenvalue weighted by Crippen LogP contribution is 2.40. The monoisotopic (exact) mass is 486 g/mol. The quantitative estimate of drug-likeness (QED) is 0.500. The summed E-state index contributed by atoms with van der Waals surface area (Å²) in [6.07, 6.45) is 0. The zero-order valence-corrected chi connectivity index (χ0v) is 18.9. The van der Waals surface area contributed by atoms with Gasteiger partial charge in [0, 0.05) is 0 Å². The zero-order valence-electron chi connectivity index (χ0n) is 18.2. The van der Waals surface area contributed by atoms with Crippen molar-refractivity contribution in [1.82, 2.24) is 4.90 Å². The number of phenolic OH excluding ortho intramolecular Hbond substituents is 1. The number of nitrogens with zero attached hydrogens (tertiary/aromatic N) is 2. The van der Waals surface area contributed by atoms with E-state index in [2.05, 4.69) is 0 Å². The molecule has 0 atom stereocenters. The number of ether oxygens (including phenoxy) is 3. The number of hydrogen-bond acceptors (Lipinski definition) is 9. The van der Waals surface area contributed by atoms with E-state index in [1.807, 2.05) is 0 Å². The van der Waals surface area contributed by atoms with E-state index in [4.69, 9.17) is 25.8 Å². The normalized spacial score (nSPS) is 15.5. The molecule has 2 aromatic carbocycles. The minimum Gasteiger partial charge on any atom is -0.504 e. The third-order valence-electron chi connectivity index (χ3n) is 5.45. The van der Waals surface area contributed by atoms with Crippen LogP contribution in [0.4, 0.5) is 5.69 Å². The molecule has 1 N–H and O–H groups in total. The van der Waals surface area contributed by atoms with Crippen molar-refractivity contribution in [3.63, 3.8) is 0 Å². The fourth-order valence-corrected chi connectivity index (χ4v) is 4.07.